The van der Waals surface area contributed by atoms with E-state index in [0.717, 1.165) is 27.9 Å². The van der Waals surface area contributed by atoms with Crippen molar-refractivity contribution < 1.29 is 4.74 Å². The van der Waals surface area contributed by atoms with Crippen LogP contribution in [0.4, 0.5) is 5.69 Å². The number of benzene rings is 1. The highest BCUT2D eigenvalue weighted by Gasteiger charge is 2.04. The predicted octanol–water partition coefficient (Wildman–Crippen LogP) is 2.72. The van der Waals surface area contributed by atoms with Gasteiger partial charge in [-0.1, -0.05) is 0 Å². The molecule has 90 valence electrons. The van der Waals surface area contributed by atoms with Crippen LogP contribution in [0.1, 0.15) is 5.56 Å². The van der Waals surface area contributed by atoms with Crippen LogP contribution in [0.5, 0.6) is 5.75 Å². The van der Waals surface area contributed by atoms with Gasteiger partial charge in [0.25, 0.3) is 0 Å². The van der Waals surface area contributed by atoms with Gasteiger partial charge < -0.3 is 15.5 Å². The lowest BCUT2D eigenvalue weighted by Gasteiger charge is -2.04. The van der Waals surface area contributed by atoms with E-state index in [4.69, 9.17) is 10.5 Å². The van der Waals surface area contributed by atoms with Crippen molar-refractivity contribution in [2.75, 3.05) is 5.73 Å². The van der Waals surface area contributed by atoms with Crippen LogP contribution in [0.15, 0.2) is 48.9 Å². The summed E-state index contributed by atoms with van der Waals surface area (Å²) in [6, 6.07) is 9.54. The number of rotatable bonds is 3. The normalized spacial score (nSPS) is 10.7. The SMILES string of the molecule is Nc1ccc2[nH]cc(COc3cccnc3)c2c1. The number of ether oxygens (including phenoxy) is 1. The lowest BCUT2D eigenvalue weighted by molar-refractivity contribution is 0.306. The third-order valence-electron chi connectivity index (χ3n) is 2.82. The van der Waals surface area contributed by atoms with Crippen LogP contribution in [-0.2, 0) is 6.61 Å². The van der Waals surface area contributed by atoms with E-state index in [9.17, 15) is 0 Å². The van der Waals surface area contributed by atoms with Crippen molar-refractivity contribution in [1.29, 1.82) is 0 Å². The van der Waals surface area contributed by atoms with Crippen LogP contribution < -0.4 is 10.5 Å². The predicted molar refractivity (Wildman–Crippen MR) is 71.3 cm³/mol. The van der Waals surface area contributed by atoms with Gasteiger partial charge in [-0.15, -0.1) is 0 Å². The van der Waals surface area contributed by atoms with Gasteiger partial charge in [-0.05, 0) is 30.3 Å². The zero-order valence-electron chi connectivity index (χ0n) is 9.76. The van der Waals surface area contributed by atoms with Crippen LogP contribution in [0.25, 0.3) is 10.9 Å². The van der Waals surface area contributed by atoms with Crippen molar-refractivity contribution in [2.45, 2.75) is 6.61 Å². The fourth-order valence-corrected chi connectivity index (χ4v) is 1.91. The molecule has 0 radical (unpaired) electrons. The minimum absolute atomic E-state index is 0.495. The first-order valence-electron chi connectivity index (χ1n) is 5.71. The molecular formula is C14H13N3O. The number of pyridine rings is 1. The number of nitrogens with one attached hydrogen (secondary N) is 1. The molecule has 0 atom stereocenters. The fourth-order valence-electron chi connectivity index (χ4n) is 1.91. The van der Waals surface area contributed by atoms with Gasteiger partial charge in [0.2, 0.25) is 0 Å². The van der Waals surface area contributed by atoms with Gasteiger partial charge in [-0.25, -0.2) is 0 Å². The lowest BCUT2D eigenvalue weighted by Crippen LogP contribution is -1.94. The standard InChI is InChI=1S/C14H13N3O/c15-11-3-4-14-13(6-11)10(7-17-14)9-18-12-2-1-5-16-8-12/h1-8,17H,9,15H2. The molecule has 3 aromatic rings. The van der Waals surface area contributed by atoms with Gasteiger partial charge in [-0.3, -0.25) is 4.98 Å². The molecular weight excluding hydrogens is 226 g/mol. The Morgan fingerprint density at radius 1 is 1.28 bits per heavy atom. The Balaban J connectivity index is 1.85. The number of aromatic nitrogens is 2. The first-order chi connectivity index (χ1) is 8.83. The first kappa shape index (κ1) is 10.7. The minimum Gasteiger partial charge on any atom is -0.487 e. The molecule has 2 heterocycles. The molecule has 0 aliphatic carbocycles. The van der Waals surface area contributed by atoms with E-state index in [1.165, 1.54) is 0 Å². The number of anilines is 1. The van der Waals surface area contributed by atoms with E-state index in [0.29, 0.717) is 6.61 Å². The Bertz CT molecular complexity index is 661. The summed E-state index contributed by atoms with van der Waals surface area (Å²) in [5.41, 5.74) is 8.70. The summed E-state index contributed by atoms with van der Waals surface area (Å²) in [5.74, 6) is 0.760. The van der Waals surface area contributed by atoms with E-state index >= 15 is 0 Å². The minimum atomic E-state index is 0.495. The van der Waals surface area contributed by atoms with Gasteiger partial charge in [-0.2, -0.15) is 0 Å². The van der Waals surface area contributed by atoms with Crippen LogP contribution in [-0.4, -0.2) is 9.97 Å². The number of H-pyrrole nitrogens is 1. The Kier molecular flexibility index (Phi) is 2.61. The molecule has 0 amide bonds. The van der Waals surface area contributed by atoms with Crippen molar-refractivity contribution in [2.24, 2.45) is 0 Å². The van der Waals surface area contributed by atoms with E-state index in [1.54, 1.807) is 12.4 Å². The Hall–Kier alpha value is -2.49. The van der Waals surface area contributed by atoms with Gasteiger partial charge >= 0.3 is 0 Å². The van der Waals surface area contributed by atoms with Crippen molar-refractivity contribution in [3.05, 3.63) is 54.5 Å². The molecule has 0 aliphatic heterocycles. The van der Waals surface area contributed by atoms with Gasteiger partial charge in [0, 0.05) is 34.5 Å². The molecule has 0 spiro atoms. The van der Waals surface area contributed by atoms with Crippen molar-refractivity contribution >= 4 is 16.6 Å². The topological polar surface area (TPSA) is 63.9 Å². The maximum absolute atomic E-state index is 5.79. The quantitative estimate of drug-likeness (QED) is 0.691. The summed E-state index contributed by atoms with van der Waals surface area (Å²) in [5, 5.41) is 1.10. The Labute approximate surface area is 104 Å². The largest absolute Gasteiger partial charge is 0.487 e. The molecule has 0 saturated heterocycles. The number of fused-ring (bicyclic) bond motifs is 1. The fraction of sp³-hybridized carbons (Fsp3) is 0.0714. The second kappa shape index (κ2) is 4.41. The summed E-state index contributed by atoms with van der Waals surface area (Å²) < 4.78 is 5.68. The summed E-state index contributed by atoms with van der Waals surface area (Å²) >= 11 is 0. The van der Waals surface area contributed by atoms with Gasteiger partial charge in [0.1, 0.15) is 12.4 Å². The van der Waals surface area contributed by atoms with Crippen LogP contribution in [0.3, 0.4) is 0 Å². The van der Waals surface area contributed by atoms with E-state index in [2.05, 4.69) is 9.97 Å². The zero-order chi connectivity index (χ0) is 12.4. The number of hydrogen-bond donors (Lipinski definition) is 2. The number of aromatic amines is 1. The molecule has 0 fully saturated rings. The maximum Gasteiger partial charge on any atom is 0.138 e. The van der Waals surface area contributed by atoms with Crippen LogP contribution in [0, 0.1) is 0 Å². The highest BCUT2D eigenvalue weighted by Crippen LogP contribution is 2.22. The van der Waals surface area contributed by atoms with Gasteiger partial charge in [0.15, 0.2) is 0 Å². The monoisotopic (exact) mass is 239 g/mol. The van der Waals surface area contributed by atoms with Crippen molar-refractivity contribution in [3.63, 3.8) is 0 Å². The highest BCUT2D eigenvalue weighted by atomic mass is 16.5. The molecule has 1 aromatic carbocycles. The number of nitrogen functional groups attached to an aromatic ring is 1. The van der Waals surface area contributed by atoms with E-state index < -0.39 is 0 Å². The van der Waals surface area contributed by atoms with Crippen molar-refractivity contribution in [1.82, 2.24) is 9.97 Å². The molecule has 0 saturated carbocycles. The van der Waals surface area contributed by atoms with Crippen LogP contribution >= 0.6 is 0 Å². The van der Waals surface area contributed by atoms with Gasteiger partial charge in [0.05, 0.1) is 6.20 Å². The van der Waals surface area contributed by atoms with E-state index in [1.807, 2.05) is 36.5 Å². The molecule has 3 rings (SSSR count). The highest BCUT2D eigenvalue weighted by molar-refractivity contribution is 5.85. The Morgan fingerprint density at radius 2 is 2.22 bits per heavy atom. The Morgan fingerprint density at radius 3 is 3.06 bits per heavy atom. The van der Waals surface area contributed by atoms with Crippen LogP contribution in [0.2, 0.25) is 0 Å². The first-order valence-corrected chi connectivity index (χ1v) is 5.71. The average molecular weight is 239 g/mol. The third kappa shape index (κ3) is 2.00. The van der Waals surface area contributed by atoms with Crippen molar-refractivity contribution in [3.8, 4) is 5.75 Å². The number of nitrogens with zero attached hydrogens (tertiary/aromatic N) is 1. The zero-order valence-corrected chi connectivity index (χ0v) is 9.76. The maximum atomic E-state index is 5.79. The average Bonchev–Trinajstić information content (AvgIpc) is 2.80. The second-order valence-electron chi connectivity index (χ2n) is 4.10. The number of nitrogens with two attached hydrogens (primary N) is 1. The molecule has 4 nitrogen and oxygen atoms in total. The third-order valence-corrected chi connectivity index (χ3v) is 2.82. The summed E-state index contributed by atoms with van der Waals surface area (Å²) in [7, 11) is 0. The molecule has 0 aliphatic rings. The summed E-state index contributed by atoms with van der Waals surface area (Å²) in [4.78, 5) is 7.21. The smallest absolute Gasteiger partial charge is 0.138 e. The number of hydrogen-bond acceptors (Lipinski definition) is 3. The molecule has 4 heteroatoms. The molecule has 2 aromatic heterocycles. The molecule has 0 unspecified atom stereocenters. The lowest BCUT2D eigenvalue weighted by atomic mass is 10.1. The molecule has 18 heavy (non-hydrogen) atoms. The summed E-state index contributed by atoms with van der Waals surface area (Å²) in [6.45, 7) is 0.495. The van der Waals surface area contributed by atoms with E-state index in [-0.39, 0.29) is 0 Å². The summed E-state index contributed by atoms with van der Waals surface area (Å²) in [6.07, 6.45) is 5.36. The second-order valence-corrected chi connectivity index (χ2v) is 4.10. The molecule has 0 bridgehead atoms. The molecule has 3 N–H and O–H groups in total.